The number of rotatable bonds is 6. The Kier molecular flexibility index (Phi) is 5.38. The van der Waals surface area contributed by atoms with Crippen molar-refractivity contribution in [2.75, 3.05) is 25.1 Å². The topological polar surface area (TPSA) is 51.4 Å². The molecule has 0 aliphatic rings. The molecular formula is C13H23N3O. The summed E-state index contributed by atoms with van der Waals surface area (Å²) in [5.74, 6) is 0.937. The summed E-state index contributed by atoms with van der Waals surface area (Å²) in [6.07, 6.45) is 2.07. The number of hydrogen-bond acceptors (Lipinski definition) is 4. The van der Waals surface area contributed by atoms with Gasteiger partial charge in [-0.3, -0.25) is 0 Å². The third kappa shape index (κ3) is 4.71. The third-order valence-electron chi connectivity index (χ3n) is 2.56. The fourth-order valence-corrected chi connectivity index (χ4v) is 1.47. The first-order chi connectivity index (χ1) is 8.00. The first kappa shape index (κ1) is 13.9. The van der Waals surface area contributed by atoms with Gasteiger partial charge in [-0.2, -0.15) is 0 Å². The van der Waals surface area contributed by atoms with Crippen LogP contribution in [0.25, 0.3) is 0 Å². The first-order valence-corrected chi connectivity index (χ1v) is 6.05. The Hall–Kier alpha value is -1.13. The normalized spacial score (nSPS) is 12.8. The van der Waals surface area contributed by atoms with Crippen LogP contribution in [0.1, 0.15) is 32.4 Å². The highest BCUT2D eigenvalue weighted by atomic mass is 16.5. The fraction of sp³-hybridized carbons (Fsp3) is 0.615. The molecule has 96 valence electrons. The number of hydrogen-bond donors (Lipinski definition) is 1. The van der Waals surface area contributed by atoms with E-state index in [0.29, 0.717) is 6.61 Å². The lowest BCUT2D eigenvalue weighted by molar-refractivity contribution is 0.0845. The Bertz CT molecular complexity index is 339. The van der Waals surface area contributed by atoms with Crippen molar-refractivity contribution in [3.05, 3.63) is 23.9 Å². The second-order valence-corrected chi connectivity index (χ2v) is 4.58. The van der Waals surface area contributed by atoms with Crippen LogP contribution < -0.4 is 10.6 Å². The van der Waals surface area contributed by atoms with E-state index in [-0.39, 0.29) is 12.1 Å². The summed E-state index contributed by atoms with van der Waals surface area (Å²) >= 11 is 0. The first-order valence-electron chi connectivity index (χ1n) is 6.05. The van der Waals surface area contributed by atoms with Gasteiger partial charge in [-0.25, -0.2) is 4.98 Å². The van der Waals surface area contributed by atoms with Crippen molar-refractivity contribution in [3.63, 3.8) is 0 Å². The average molecular weight is 237 g/mol. The second-order valence-electron chi connectivity index (χ2n) is 4.58. The van der Waals surface area contributed by atoms with Crippen LogP contribution in [0, 0.1) is 0 Å². The minimum absolute atomic E-state index is 0.0389. The summed E-state index contributed by atoms with van der Waals surface area (Å²) in [6.45, 7) is 7.58. The highest BCUT2D eigenvalue weighted by Crippen LogP contribution is 2.15. The fourth-order valence-electron chi connectivity index (χ4n) is 1.47. The van der Waals surface area contributed by atoms with Gasteiger partial charge in [0.05, 0.1) is 12.7 Å². The van der Waals surface area contributed by atoms with E-state index < -0.39 is 0 Å². The largest absolute Gasteiger partial charge is 0.377 e. The van der Waals surface area contributed by atoms with Crippen molar-refractivity contribution in [3.8, 4) is 0 Å². The minimum atomic E-state index is 0.0389. The van der Waals surface area contributed by atoms with Crippen molar-refractivity contribution in [1.82, 2.24) is 4.98 Å². The van der Waals surface area contributed by atoms with Gasteiger partial charge in [0.1, 0.15) is 5.82 Å². The molecule has 1 atom stereocenters. The third-order valence-corrected chi connectivity index (χ3v) is 2.56. The lowest BCUT2D eigenvalue weighted by Gasteiger charge is -2.20. The number of anilines is 1. The van der Waals surface area contributed by atoms with E-state index in [9.17, 15) is 0 Å². The smallest absolute Gasteiger partial charge is 0.128 e. The highest BCUT2D eigenvalue weighted by molar-refractivity contribution is 5.40. The number of aromatic nitrogens is 1. The number of likely N-dealkylation sites (N-methyl/N-ethyl adjacent to an activating group) is 1. The minimum Gasteiger partial charge on any atom is -0.377 e. The van der Waals surface area contributed by atoms with Gasteiger partial charge in [0.2, 0.25) is 0 Å². The van der Waals surface area contributed by atoms with E-state index >= 15 is 0 Å². The van der Waals surface area contributed by atoms with E-state index in [2.05, 4.69) is 9.88 Å². The number of nitrogens with zero attached hydrogens (tertiary/aromatic N) is 2. The molecule has 0 bridgehead atoms. The van der Waals surface area contributed by atoms with Crippen LogP contribution in [0.3, 0.4) is 0 Å². The molecule has 1 aromatic heterocycles. The van der Waals surface area contributed by atoms with Crippen molar-refractivity contribution in [2.24, 2.45) is 5.73 Å². The second kappa shape index (κ2) is 6.57. The van der Waals surface area contributed by atoms with Gasteiger partial charge in [-0.15, -0.1) is 0 Å². The Labute approximate surface area is 104 Å². The van der Waals surface area contributed by atoms with E-state index in [1.54, 1.807) is 6.20 Å². The summed E-state index contributed by atoms with van der Waals surface area (Å²) in [6, 6.07) is 4.02. The zero-order chi connectivity index (χ0) is 12.8. The van der Waals surface area contributed by atoms with Gasteiger partial charge >= 0.3 is 0 Å². The van der Waals surface area contributed by atoms with Gasteiger partial charge in [-0.1, -0.05) is 0 Å². The van der Waals surface area contributed by atoms with Crippen LogP contribution in [0.5, 0.6) is 0 Å². The number of pyridine rings is 1. The molecule has 0 aliphatic heterocycles. The molecule has 2 N–H and O–H groups in total. The van der Waals surface area contributed by atoms with Gasteiger partial charge in [0, 0.05) is 25.8 Å². The number of ether oxygens (including phenoxy) is 1. The monoisotopic (exact) mass is 237 g/mol. The van der Waals surface area contributed by atoms with E-state index in [0.717, 1.165) is 17.9 Å². The predicted octanol–water partition coefficient (Wildman–Crippen LogP) is 1.96. The van der Waals surface area contributed by atoms with Crippen LogP contribution in [0.15, 0.2) is 18.3 Å². The molecule has 1 aromatic rings. The molecular weight excluding hydrogens is 214 g/mol. The van der Waals surface area contributed by atoms with E-state index in [1.807, 2.05) is 40.0 Å². The summed E-state index contributed by atoms with van der Waals surface area (Å²) in [7, 11) is 2.01. The van der Waals surface area contributed by atoms with Crippen LogP contribution >= 0.6 is 0 Å². The maximum Gasteiger partial charge on any atom is 0.128 e. The SMILES string of the molecule is CC(C)OCCN(C)c1cc([C@H](C)N)ccn1. The summed E-state index contributed by atoms with van der Waals surface area (Å²) in [5.41, 5.74) is 6.95. The highest BCUT2D eigenvalue weighted by Gasteiger charge is 2.06. The standard InChI is InChI=1S/C13H23N3O/c1-10(2)17-8-7-16(4)13-9-12(11(3)14)5-6-15-13/h5-6,9-11H,7-8,14H2,1-4H3/t11-/m0/s1. The maximum absolute atomic E-state index is 5.85. The molecule has 1 rings (SSSR count). The van der Waals surface area contributed by atoms with Crippen molar-refractivity contribution in [2.45, 2.75) is 32.9 Å². The van der Waals surface area contributed by atoms with Crippen molar-refractivity contribution >= 4 is 5.82 Å². The summed E-state index contributed by atoms with van der Waals surface area (Å²) in [5, 5.41) is 0. The Morgan fingerprint density at radius 3 is 2.71 bits per heavy atom. The Balaban J connectivity index is 2.56. The molecule has 0 unspecified atom stereocenters. The van der Waals surface area contributed by atoms with Crippen LogP contribution in [0.2, 0.25) is 0 Å². The van der Waals surface area contributed by atoms with Crippen molar-refractivity contribution < 1.29 is 4.74 Å². The quantitative estimate of drug-likeness (QED) is 0.821. The van der Waals surface area contributed by atoms with Gasteiger partial charge in [0.25, 0.3) is 0 Å². The lowest BCUT2D eigenvalue weighted by Crippen LogP contribution is -2.25. The van der Waals surface area contributed by atoms with E-state index in [4.69, 9.17) is 10.5 Å². The van der Waals surface area contributed by atoms with Gasteiger partial charge in [0.15, 0.2) is 0 Å². The van der Waals surface area contributed by atoms with Gasteiger partial charge < -0.3 is 15.4 Å². The van der Waals surface area contributed by atoms with E-state index in [1.165, 1.54) is 0 Å². The molecule has 0 saturated carbocycles. The molecule has 17 heavy (non-hydrogen) atoms. The molecule has 0 amide bonds. The summed E-state index contributed by atoms with van der Waals surface area (Å²) < 4.78 is 5.52. The predicted molar refractivity (Wildman–Crippen MR) is 71.2 cm³/mol. The lowest BCUT2D eigenvalue weighted by atomic mass is 10.1. The number of nitrogens with two attached hydrogens (primary N) is 1. The molecule has 4 nitrogen and oxygen atoms in total. The summed E-state index contributed by atoms with van der Waals surface area (Å²) in [4.78, 5) is 6.41. The van der Waals surface area contributed by atoms with Gasteiger partial charge in [-0.05, 0) is 38.5 Å². The Morgan fingerprint density at radius 2 is 2.12 bits per heavy atom. The van der Waals surface area contributed by atoms with Crippen LogP contribution in [-0.2, 0) is 4.74 Å². The molecule has 0 saturated heterocycles. The molecule has 0 radical (unpaired) electrons. The molecule has 0 fully saturated rings. The van der Waals surface area contributed by atoms with Crippen molar-refractivity contribution in [1.29, 1.82) is 0 Å². The molecule has 1 heterocycles. The zero-order valence-electron chi connectivity index (χ0n) is 11.2. The van der Waals surface area contributed by atoms with Crippen LogP contribution in [-0.4, -0.2) is 31.3 Å². The Morgan fingerprint density at radius 1 is 1.41 bits per heavy atom. The maximum atomic E-state index is 5.85. The molecule has 0 spiro atoms. The molecule has 4 heteroatoms. The average Bonchev–Trinajstić information content (AvgIpc) is 2.28. The van der Waals surface area contributed by atoms with Crippen LogP contribution in [0.4, 0.5) is 5.82 Å². The zero-order valence-corrected chi connectivity index (χ0v) is 11.2. The molecule has 0 aromatic carbocycles. The molecule has 0 aliphatic carbocycles.